The Kier molecular flexibility index (Phi) is 24.0. The standard InChI is InChI=1S/C56H85N3O17S/c1-34-16-12-11-13-17-35(2)46(70-8)32-42-21-19-40(7)56(67,76-42)52(63)53(64)59-23-15-14-18-43(59)54(65)74-47(33-44(60)36(3)29-39(6)50(62)51(72-10)49(61)38(5)28-34)37(4)30-41-20-22-45(48(31-41)71-9)75-55(66)57-77(68,69)58-24-26-73-27-25-58/h11-13,16-17,29,34,36-38,41-43,45-48,50-51,62,67H,7,14-15,18-28,30-33H2,1-6,8-10H3,(H,57,66)/b13-11+,16-12+,35-17+,39-29+/t34-,36-,37-,38-,41+,42+,43+,45-,46+,47+,48-,50?,51+,56-/m1/s1. The number of fused-ring (bicyclic) bond motifs is 3. The first kappa shape index (κ1) is 63.4. The van der Waals surface area contributed by atoms with Gasteiger partial charge in [-0.3, -0.25) is 19.2 Å². The van der Waals surface area contributed by atoms with Gasteiger partial charge in [-0.2, -0.15) is 12.7 Å². The molecular formula is C56H85N3O17S. The number of amides is 2. The Hall–Kier alpha value is -4.45. The molecule has 20 nitrogen and oxygen atoms in total. The van der Waals surface area contributed by atoms with Crippen molar-refractivity contribution in [3.63, 3.8) is 0 Å². The van der Waals surface area contributed by atoms with Gasteiger partial charge in [-0.25, -0.2) is 14.3 Å². The van der Waals surface area contributed by atoms with Gasteiger partial charge in [-0.15, -0.1) is 0 Å². The smallest absolute Gasteiger partial charge is 0.422 e. The number of morpholine rings is 1. The molecule has 3 N–H and O–H groups in total. The number of esters is 1. The van der Waals surface area contributed by atoms with E-state index in [4.69, 9.17) is 33.2 Å². The van der Waals surface area contributed by atoms with Crippen molar-refractivity contribution in [3.05, 3.63) is 59.8 Å². The van der Waals surface area contributed by atoms with E-state index in [1.165, 1.54) is 14.2 Å². The summed E-state index contributed by atoms with van der Waals surface area (Å²) in [6.45, 7) is 15.2. The van der Waals surface area contributed by atoms with Crippen LogP contribution in [0.3, 0.4) is 0 Å². The molecule has 4 aliphatic heterocycles. The highest BCUT2D eigenvalue weighted by atomic mass is 32.2. The van der Waals surface area contributed by atoms with E-state index in [0.717, 1.165) is 14.8 Å². The zero-order chi connectivity index (χ0) is 56.8. The summed E-state index contributed by atoms with van der Waals surface area (Å²) in [5.41, 5.74) is 1.17. The molecule has 4 fully saturated rings. The number of methoxy groups -OCH3 is 3. The van der Waals surface area contributed by atoms with Crippen molar-refractivity contribution in [1.82, 2.24) is 13.9 Å². The van der Waals surface area contributed by atoms with Gasteiger partial charge >= 0.3 is 22.3 Å². The fraction of sp³-hybridized carbons (Fsp3) is 0.714. The Labute approximate surface area is 455 Å². The second kappa shape index (κ2) is 29.1. The van der Waals surface area contributed by atoms with Crippen molar-refractivity contribution in [3.8, 4) is 0 Å². The van der Waals surface area contributed by atoms with E-state index in [-0.39, 0.29) is 87.5 Å². The summed E-state index contributed by atoms with van der Waals surface area (Å²) >= 11 is 0. The van der Waals surface area contributed by atoms with Crippen LogP contribution in [-0.4, -0.2) is 172 Å². The minimum absolute atomic E-state index is 0.000893. The second-order valence-electron chi connectivity index (χ2n) is 21.7. The molecule has 2 amide bonds. The van der Waals surface area contributed by atoms with Gasteiger partial charge in [0.25, 0.3) is 17.5 Å². The lowest BCUT2D eigenvalue weighted by atomic mass is 9.78. The zero-order valence-corrected chi connectivity index (χ0v) is 47.3. The fourth-order valence-corrected chi connectivity index (χ4v) is 12.1. The molecule has 14 atom stereocenters. The molecule has 432 valence electrons. The van der Waals surface area contributed by atoms with Crippen LogP contribution in [-0.2, 0) is 67.3 Å². The lowest BCUT2D eigenvalue weighted by molar-refractivity contribution is -0.221. The molecule has 3 saturated heterocycles. The number of piperidine rings is 1. The summed E-state index contributed by atoms with van der Waals surface area (Å²) in [4.78, 5) is 85.3. The number of Topliss-reactive ketones (excluding diaryl/α,β-unsaturated/α-hetero) is 3. The SMILES string of the molecule is C=C1CC[C@H]2C[C@H](OC)/C(C)=C/C=C/C=C/[C@@H](C)C[C@@H](C)C(=O)[C@H](OC)C(O)/C(C)=C/[C@@H](C)C(=O)C[C@@H]([C@H](C)C[C@@H]3CC[C@@H](OC(=O)NS(=O)(=O)N4CCOCC4)[C@H](OC)C3)OC(=O)[C@@H]3CCCCN3C(=O)C(=O)[C@]1(O)O2. The highest BCUT2D eigenvalue weighted by molar-refractivity contribution is 7.87. The molecule has 5 rings (SSSR count). The molecule has 77 heavy (non-hydrogen) atoms. The maximum Gasteiger partial charge on any atom is 0.422 e. The normalized spacial score (nSPS) is 36.5. The topological polar surface area (TPSA) is 260 Å². The first-order chi connectivity index (χ1) is 36.4. The number of ketones is 3. The van der Waals surface area contributed by atoms with Gasteiger partial charge in [-0.1, -0.05) is 70.7 Å². The van der Waals surface area contributed by atoms with Gasteiger partial charge in [-0.05, 0) is 113 Å². The van der Waals surface area contributed by atoms with E-state index >= 15 is 0 Å². The van der Waals surface area contributed by atoms with Gasteiger partial charge in [0.05, 0.1) is 31.5 Å². The first-order valence-corrected chi connectivity index (χ1v) is 28.6. The highest BCUT2D eigenvalue weighted by Gasteiger charge is 2.52. The summed E-state index contributed by atoms with van der Waals surface area (Å²) in [6, 6.07) is -1.25. The number of hydrogen-bond donors (Lipinski definition) is 3. The molecule has 1 aliphatic carbocycles. The lowest BCUT2D eigenvalue weighted by Gasteiger charge is -2.41. The Balaban J connectivity index is 1.42. The number of hydrogen-bond acceptors (Lipinski definition) is 17. The number of aliphatic hydroxyl groups is 2. The Morgan fingerprint density at radius 1 is 0.896 bits per heavy atom. The number of aliphatic hydroxyl groups excluding tert-OH is 1. The number of nitrogens with one attached hydrogen (secondary N) is 1. The van der Waals surface area contributed by atoms with Crippen molar-refractivity contribution < 1.29 is 80.6 Å². The molecule has 0 aromatic rings. The monoisotopic (exact) mass is 1100 g/mol. The average Bonchev–Trinajstić information content (AvgIpc) is 3.40. The number of ether oxygens (including phenoxy) is 7. The van der Waals surface area contributed by atoms with E-state index in [2.05, 4.69) is 6.58 Å². The van der Waals surface area contributed by atoms with Gasteiger partial charge in [0.1, 0.15) is 36.2 Å². The van der Waals surface area contributed by atoms with E-state index in [1.54, 1.807) is 34.0 Å². The molecule has 21 heteroatoms. The van der Waals surface area contributed by atoms with Crippen LogP contribution in [0.2, 0.25) is 0 Å². The van der Waals surface area contributed by atoms with Gasteiger partial charge < -0.3 is 48.3 Å². The fourth-order valence-electron chi connectivity index (χ4n) is 11.1. The summed E-state index contributed by atoms with van der Waals surface area (Å²) in [7, 11) is 0.179. The van der Waals surface area contributed by atoms with Crippen LogP contribution >= 0.6 is 0 Å². The van der Waals surface area contributed by atoms with Crippen LogP contribution in [0.4, 0.5) is 4.79 Å². The number of cyclic esters (lactones) is 1. The number of allylic oxidation sites excluding steroid dienone is 6. The zero-order valence-electron chi connectivity index (χ0n) is 46.5. The van der Waals surface area contributed by atoms with Crippen molar-refractivity contribution in [2.75, 3.05) is 54.2 Å². The predicted octanol–water partition coefficient (Wildman–Crippen LogP) is 5.41. The predicted molar refractivity (Wildman–Crippen MR) is 284 cm³/mol. The maximum absolute atomic E-state index is 14.6. The Bertz CT molecular complexity index is 2330. The van der Waals surface area contributed by atoms with Crippen LogP contribution in [0, 0.1) is 29.6 Å². The third-order valence-electron chi connectivity index (χ3n) is 15.9. The molecule has 2 bridgehead atoms. The molecule has 5 aliphatic rings. The van der Waals surface area contributed by atoms with E-state index in [1.807, 2.05) is 55.9 Å². The molecule has 4 heterocycles. The number of carbonyl (C=O) groups is 6. The van der Waals surface area contributed by atoms with Crippen LogP contribution in [0.1, 0.15) is 119 Å². The Morgan fingerprint density at radius 2 is 1.61 bits per heavy atom. The third-order valence-corrected chi connectivity index (χ3v) is 17.3. The molecule has 0 aromatic carbocycles. The van der Waals surface area contributed by atoms with Crippen molar-refractivity contribution in [2.24, 2.45) is 29.6 Å². The number of carbonyl (C=O) groups excluding carboxylic acids is 6. The van der Waals surface area contributed by atoms with Crippen molar-refractivity contribution in [2.45, 2.75) is 173 Å². The highest BCUT2D eigenvalue weighted by Crippen LogP contribution is 2.38. The summed E-state index contributed by atoms with van der Waals surface area (Å²) in [5, 5.41) is 23.5. The van der Waals surface area contributed by atoms with Gasteiger partial charge in [0.15, 0.2) is 5.78 Å². The summed E-state index contributed by atoms with van der Waals surface area (Å²) in [6.07, 6.45) is 7.26. The largest absolute Gasteiger partial charge is 0.460 e. The summed E-state index contributed by atoms with van der Waals surface area (Å²) in [5.74, 6) is -8.54. The average molecular weight is 1100 g/mol. The molecule has 1 unspecified atom stereocenters. The van der Waals surface area contributed by atoms with Crippen molar-refractivity contribution in [1.29, 1.82) is 0 Å². The Morgan fingerprint density at radius 3 is 2.29 bits per heavy atom. The molecule has 1 saturated carbocycles. The third kappa shape index (κ3) is 17.0. The second-order valence-corrected chi connectivity index (χ2v) is 23.4. The first-order valence-electron chi connectivity index (χ1n) is 27.2. The molecule has 0 spiro atoms. The lowest BCUT2D eigenvalue weighted by Crippen LogP contribution is -2.59. The summed E-state index contributed by atoms with van der Waals surface area (Å²) < 4.78 is 69.2. The van der Waals surface area contributed by atoms with Crippen LogP contribution in [0.15, 0.2) is 59.8 Å². The van der Waals surface area contributed by atoms with E-state index in [9.17, 15) is 47.4 Å². The number of rotatable bonds is 9. The van der Waals surface area contributed by atoms with E-state index in [0.29, 0.717) is 56.9 Å². The molecule has 0 aromatic heterocycles. The van der Waals surface area contributed by atoms with E-state index < -0.39 is 106 Å². The maximum atomic E-state index is 14.6. The quantitative estimate of drug-likeness (QED) is 0.148. The van der Waals surface area contributed by atoms with Gasteiger partial charge in [0, 0.05) is 65.6 Å². The van der Waals surface area contributed by atoms with Gasteiger partial charge in [0.2, 0.25) is 0 Å². The minimum atomic E-state index is -4.17. The molecule has 0 radical (unpaired) electrons. The molecular weight excluding hydrogens is 1020 g/mol. The van der Waals surface area contributed by atoms with Crippen LogP contribution < -0.4 is 4.72 Å². The van der Waals surface area contributed by atoms with Crippen molar-refractivity contribution >= 4 is 45.5 Å². The minimum Gasteiger partial charge on any atom is -0.460 e. The number of nitrogens with zero attached hydrogens (tertiary/aromatic N) is 2. The van der Waals surface area contributed by atoms with Crippen LogP contribution in [0.25, 0.3) is 0 Å². The van der Waals surface area contributed by atoms with Crippen LogP contribution in [0.5, 0.6) is 0 Å².